The van der Waals surface area contributed by atoms with Crippen LogP contribution < -0.4 is 0 Å². The Kier molecular flexibility index (Phi) is 16.2. The molecule has 2 fully saturated rings. The summed E-state index contributed by atoms with van der Waals surface area (Å²) in [6.07, 6.45) is 13.2. The van der Waals surface area contributed by atoms with Gasteiger partial charge in [-0.2, -0.15) is 8.42 Å². The first-order valence-corrected chi connectivity index (χ1v) is 25.0. The molecule has 11 atom stereocenters. The number of rotatable bonds is 23. The molecule has 4 N–H and O–H groups in total. The zero-order chi connectivity index (χ0) is 45.2. The van der Waals surface area contributed by atoms with Crippen molar-refractivity contribution in [3.8, 4) is 0 Å². The summed E-state index contributed by atoms with van der Waals surface area (Å²) in [6.45, 7) is 17.6. The lowest BCUT2D eigenvalue weighted by atomic mass is 9.45. The summed E-state index contributed by atoms with van der Waals surface area (Å²) >= 11 is 0. The second-order valence-corrected chi connectivity index (χ2v) is 22.2. The highest BCUT2D eigenvalue weighted by atomic mass is 32.3. The number of aliphatic hydroxyl groups is 3. The Hall–Kier alpha value is -1.87. The van der Waals surface area contributed by atoms with E-state index in [9.17, 15) is 37.9 Å². The zero-order valence-electron chi connectivity index (χ0n) is 38.8. The smallest absolute Gasteiger partial charge is 0.397 e. The van der Waals surface area contributed by atoms with Crippen molar-refractivity contribution in [3.05, 3.63) is 22.8 Å². The molecular weight excluding hydrogens is 801 g/mol. The number of aliphatic hydroxyl groups excluding tert-OH is 2. The summed E-state index contributed by atoms with van der Waals surface area (Å²) < 4.78 is 58.2. The molecule has 61 heavy (non-hydrogen) atoms. The maximum Gasteiger partial charge on any atom is 0.397 e. The predicted octanol–water partition coefficient (Wildman–Crippen LogP) is 8.90. The van der Waals surface area contributed by atoms with Crippen LogP contribution >= 0.6 is 0 Å². The molecule has 5 rings (SSSR count). The molecule has 0 amide bonds. The van der Waals surface area contributed by atoms with Crippen LogP contribution in [0.1, 0.15) is 184 Å². The van der Waals surface area contributed by atoms with Crippen LogP contribution in [0.2, 0.25) is 0 Å². The Morgan fingerprint density at radius 3 is 2.08 bits per heavy atom. The molecule has 1 aliphatic heterocycles. The van der Waals surface area contributed by atoms with Gasteiger partial charge in [-0.1, -0.05) is 118 Å². The minimum atomic E-state index is -4.97. The Balaban J connectivity index is 1.34. The number of unbranched alkanes of at least 4 members (excludes halogenated alkanes) is 10. The highest BCUT2D eigenvalue weighted by Gasteiger charge is 2.66. The Bertz CT molecular complexity index is 1710. The number of hydrogen-bond acceptors (Lipinski definition) is 11. The lowest BCUT2D eigenvalue weighted by molar-refractivity contribution is -0.190. The van der Waals surface area contributed by atoms with E-state index < -0.39 is 80.3 Å². The summed E-state index contributed by atoms with van der Waals surface area (Å²) in [4.78, 5) is 26.5. The molecule has 0 radical (unpaired) electrons. The number of fused-ring (bicyclic) bond motifs is 4. The fraction of sp³-hybridized carbons (Fsp3) is 0.875. The van der Waals surface area contributed by atoms with E-state index in [-0.39, 0.29) is 30.6 Å². The molecule has 1 saturated carbocycles. The van der Waals surface area contributed by atoms with Gasteiger partial charge in [0.1, 0.15) is 30.0 Å². The van der Waals surface area contributed by atoms with E-state index in [1.807, 2.05) is 20.8 Å². The van der Waals surface area contributed by atoms with Crippen molar-refractivity contribution < 1.29 is 56.3 Å². The quantitative estimate of drug-likeness (QED) is 0.0331. The topological polar surface area (TPSA) is 189 Å². The van der Waals surface area contributed by atoms with Gasteiger partial charge >= 0.3 is 22.3 Å². The number of ether oxygens (including phenoxy) is 3. The molecule has 12 nitrogen and oxygen atoms in total. The van der Waals surface area contributed by atoms with E-state index in [4.69, 9.17) is 18.4 Å². The summed E-state index contributed by atoms with van der Waals surface area (Å²) in [5.74, 6) is -1.36. The number of epoxide rings is 1. The van der Waals surface area contributed by atoms with Crippen LogP contribution in [0.5, 0.6) is 0 Å². The molecular formula is C48H80O12S. The third-order valence-corrected chi connectivity index (χ3v) is 16.5. The minimum absolute atomic E-state index is 0.0132. The highest BCUT2D eigenvalue weighted by Crippen LogP contribution is 2.68. The van der Waals surface area contributed by atoms with Gasteiger partial charge in [0.05, 0.1) is 24.7 Å². The third-order valence-electron chi connectivity index (χ3n) is 16.1. The van der Waals surface area contributed by atoms with Gasteiger partial charge in [-0.25, -0.2) is 4.18 Å². The summed E-state index contributed by atoms with van der Waals surface area (Å²) in [5.41, 5.74) is -1.42. The van der Waals surface area contributed by atoms with Gasteiger partial charge in [-0.3, -0.25) is 14.1 Å². The van der Waals surface area contributed by atoms with E-state index in [0.717, 1.165) is 43.3 Å². The van der Waals surface area contributed by atoms with E-state index in [1.54, 1.807) is 13.8 Å². The Labute approximate surface area is 366 Å². The largest absolute Gasteiger partial charge is 0.459 e. The first kappa shape index (κ1) is 50.1. The van der Waals surface area contributed by atoms with E-state index >= 15 is 0 Å². The summed E-state index contributed by atoms with van der Waals surface area (Å²) in [5, 5.41) is 34.4. The van der Waals surface area contributed by atoms with Crippen LogP contribution in [0.3, 0.4) is 0 Å². The van der Waals surface area contributed by atoms with Crippen molar-refractivity contribution in [1.82, 2.24) is 0 Å². The normalized spacial score (nSPS) is 34.1. The monoisotopic (exact) mass is 881 g/mol. The van der Waals surface area contributed by atoms with Crippen LogP contribution in [-0.4, -0.2) is 88.6 Å². The number of carbonyl (C=O) groups excluding carboxylic acids is 2. The van der Waals surface area contributed by atoms with E-state index in [0.29, 0.717) is 44.3 Å². The van der Waals surface area contributed by atoms with Crippen LogP contribution in [0.4, 0.5) is 0 Å². The molecule has 0 spiro atoms. The lowest BCUT2D eigenvalue weighted by Gasteiger charge is -2.62. The molecule has 1 saturated heterocycles. The predicted molar refractivity (Wildman–Crippen MR) is 233 cm³/mol. The van der Waals surface area contributed by atoms with Crippen molar-refractivity contribution in [1.29, 1.82) is 0 Å². The van der Waals surface area contributed by atoms with E-state index in [1.165, 1.54) is 51.9 Å². The van der Waals surface area contributed by atoms with Crippen LogP contribution in [0.15, 0.2) is 22.8 Å². The molecule has 11 unspecified atom stereocenters. The van der Waals surface area contributed by atoms with Crippen molar-refractivity contribution >= 4 is 22.3 Å². The van der Waals surface area contributed by atoms with Gasteiger partial charge in [0, 0.05) is 12.3 Å². The van der Waals surface area contributed by atoms with Gasteiger partial charge in [0.25, 0.3) is 0 Å². The van der Waals surface area contributed by atoms with Crippen molar-refractivity contribution in [3.63, 3.8) is 0 Å². The second kappa shape index (κ2) is 19.7. The molecule has 1 heterocycles. The van der Waals surface area contributed by atoms with Crippen molar-refractivity contribution in [2.24, 2.45) is 34.0 Å². The molecule has 13 heteroatoms. The molecule has 350 valence electrons. The molecule has 0 aromatic carbocycles. The number of hydrogen-bond donors (Lipinski definition) is 4. The summed E-state index contributed by atoms with van der Waals surface area (Å²) in [7, 11) is -4.97. The van der Waals surface area contributed by atoms with Crippen LogP contribution in [0.25, 0.3) is 0 Å². The zero-order valence-corrected chi connectivity index (χ0v) is 39.6. The third kappa shape index (κ3) is 11.0. The minimum Gasteiger partial charge on any atom is -0.459 e. The van der Waals surface area contributed by atoms with E-state index in [2.05, 4.69) is 26.8 Å². The summed E-state index contributed by atoms with van der Waals surface area (Å²) in [6, 6.07) is 0. The molecule has 0 aromatic heterocycles. The fourth-order valence-corrected chi connectivity index (χ4v) is 13.3. The molecule has 0 bridgehead atoms. The number of allylic oxidation sites excluding steroid dienone is 2. The Morgan fingerprint density at radius 2 is 1.54 bits per heavy atom. The first-order valence-electron chi connectivity index (χ1n) is 23.6. The van der Waals surface area contributed by atoms with Gasteiger partial charge in [0.15, 0.2) is 0 Å². The average molecular weight is 881 g/mol. The number of carbonyl (C=O) groups is 2. The van der Waals surface area contributed by atoms with Gasteiger partial charge in [-0.15, -0.1) is 0 Å². The van der Waals surface area contributed by atoms with Gasteiger partial charge in [-0.05, 0) is 104 Å². The maximum atomic E-state index is 13.6. The van der Waals surface area contributed by atoms with Gasteiger partial charge in [0.2, 0.25) is 0 Å². The number of esters is 2. The van der Waals surface area contributed by atoms with Crippen LogP contribution in [0, 0.1) is 34.0 Å². The van der Waals surface area contributed by atoms with Crippen molar-refractivity contribution in [2.75, 3.05) is 6.61 Å². The lowest BCUT2D eigenvalue weighted by Crippen LogP contribution is -2.64. The average Bonchev–Trinajstić information content (AvgIpc) is 3.87. The highest BCUT2D eigenvalue weighted by molar-refractivity contribution is 7.80. The van der Waals surface area contributed by atoms with Crippen LogP contribution in [-0.2, 0) is 38.4 Å². The molecule has 4 aliphatic carbocycles. The molecule has 5 aliphatic rings. The SMILES string of the molecule is CCCCCCCCCCCCCC(O)CC(=O)OC1CC2(C)C3=C(CCC2C(C)(C)C1OS(=O)(=O)O)C1=CCC(C(C)CCC2(C(C)(C)O)CO2)C1(C)C(OC(C)=O)C3O. The maximum absolute atomic E-state index is 13.6. The van der Waals surface area contributed by atoms with Gasteiger partial charge < -0.3 is 29.5 Å². The standard InChI is InChI=1S/C48H80O12S/c1-10-11-12-13-14-15-16-17-18-19-20-21-33(50)28-39(51)59-37-29-46(8)38(44(4,5)42(37)60-61(54,55)56)25-22-34-36-24-23-35(31(2)26-27-48(30-57-48)45(6,7)53)47(36,9)43(58-32(3)49)41(52)40(34)46/h24,31,33,35,37-38,41-43,50,52-53H,10-23,25-30H2,1-9H3,(H,54,55,56). The first-order chi connectivity index (χ1) is 28.4. The van der Waals surface area contributed by atoms with Crippen molar-refractivity contribution in [2.45, 2.75) is 226 Å². The second-order valence-electron chi connectivity index (χ2n) is 21.2. The molecule has 0 aromatic rings. The fourth-order valence-electron chi connectivity index (χ4n) is 12.6. The Morgan fingerprint density at radius 1 is 0.951 bits per heavy atom.